The highest BCUT2D eigenvalue weighted by Gasteiger charge is 2.24. The zero-order chi connectivity index (χ0) is 19.2. The van der Waals surface area contributed by atoms with Crippen LogP contribution in [0.1, 0.15) is 35.7 Å². The molecule has 1 saturated heterocycles. The molecule has 3 N–H and O–H groups in total. The Morgan fingerprint density at radius 3 is 2.70 bits per heavy atom. The van der Waals surface area contributed by atoms with E-state index in [0.717, 1.165) is 24.9 Å². The second-order valence-corrected chi connectivity index (χ2v) is 6.96. The van der Waals surface area contributed by atoms with E-state index in [-0.39, 0.29) is 23.5 Å². The van der Waals surface area contributed by atoms with Gasteiger partial charge in [-0.1, -0.05) is 12.1 Å². The fourth-order valence-electron chi connectivity index (χ4n) is 3.27. The molecule has 2 atom stereocenters. The number of hydrogen-bond donors (Lipinski definition) is 3. The smallest absolute Gasteiger partial charge is 0.255 e. The molecular weight excluding hydrogens is 345 g/mol. The fraction of sp³-hybridized carbons (Fsp3) is 0.333. The van der Waals surface area contributed by atoms with Crippen LogP contribution < -0.4 is 16.0 Å². The van der Waals surface area contributed by atoms with Crippen molar-refractivity contribution >= 4 is 17.5 Å². The van der Waals surface area contributed by atoms with Crippen molar-refractivity contribution in [3.05, 3.63) is 65.5 Å². The largest absolute Gasteiger partial charge is 0.352 e. The highest BCUT2D eigenvalue weighted by molar-refractivity contribution is 6.04. The average Bonchev–Trinajstić information content (AvgIpc) is 2.67. The molecule has 1 aliphatic rings. The molecule has 0 spiro atoms. The number of rotatable bonds is 5. The Morgan fingerprint density at radius 2 is 1.96 bits per heavy atom. The molecule has 6 heteroatoms. The van der Waals surface area contributed by atoms with Crippen LogP contribution in [0.5, 0.6) is 0 Å². The first-order chi connectivity index (χ1) is 13.0. The van der Waals surface area contributed by atoms with Crippen LogP contribution in [0.2, 0.25) is 0 Å². The van der Waals surface area contributed by atoms with E-state index in [9.17, 15) is 14.0 Å². The van der Waals surface area contributed by atoms with Gasteiger partial charge in [0.05, 0.1) is 0 Å². The minimum Gasteiger partial charge on any atom is -0.352 e. The molecule has 2 amide bonds. The summed E-state index contributed by atoms with van der Waals surface area (Å²) in [5.74, 6) is -0.570. The van der Waals surface area contributed by atoms with E-state index < -0.39 is 0 Å². The van der Waals surface area contributed by atoms with Crippen LogP contribution in [0, 0.1) is 11.7 Å². The van der Waals surface area contributed by atoms with Gasteiger partial charge in [0.25, 0.3) is 5.91 Å². The fourth-order valence-corrected chi connectivity index (χ4v) is 3.27. The number of hydrogen-bond acceptors (Lipinski definition) is 3. The number of amides is 2. The lowest BCUT2D eigenvalue weighted by molar-refractivity contribution is -0.126. The first-order valence-corrected chi connectivity index (χ1v) is 9.18. The van der Waals surface area contributed by atoms with Crippen molar-refractivity contribution in [3.8, 4) is 0 Å². The second kappa shape index (κ2) is 8.77. The van der Waals surface area contributed by atoms with Crippen molar-refractivity contribution < 1.29 is 14.0 Å². The number of carbonyl (C=O) groups is 2. The Hall–Kier alpha value is -2.73. The molecule has 0 saturated carbocycles. The molecule has 1 heterocycles. The van der Waals surface area contributed by atoms with Gasteiger partial charge in [-0.3, -0.25) is 9.59 Å². The third-order valence-electron chi connectivity index (χ3n) is 4.75. The van der Waals surface area contributed by atoms with Gasteiger partial charge in [0.2, 0.25) is 5.91 Å². The maximum Gasteiger partial charge on any atom is 0.255 e. The quantitative estimate of drug-likeness (QED) is 0.759. The number of halogens is 1. The number of piperidine rings is 1. The highest BCUT2D eigenvalue weighted by Crippen LogP contribution is 2.17. The molecule has 1 fully saturated rings. The summed E-state index contributed by atoms with van der Waals surface area (Å²) >= 11 is 0. The summed E-state index contributed by atoms with van der Waals surface area (Å²) in [5.41, 5.74) is 1.92. The van der Waals surface area contributed by atoms with E-state index in [1.807, 2.05) is 18.2 Å². The SMILES string of the molecule is C[C@H]1C[C@@H](C(=O)NCc2cccc(NC(=O)c3ccc(F)cc3)c2)CCN1. The summed E-state index contributed by atoms with van der Waals surface area (Å²) in [7, 11) is 0. The van der Waals surface area contributed by atoms with E-state index in [4.69, 9.17) is 0 Å². The second-order valence-electron chi connectivity index (χ2n) is 6.96. The Labute approximate surface area is 158 Å². The summed E-state index contributed by atoms with van der Waals surface area (Å²) in [4.78, 5) is 24.6. The van der Waals surface area contributed by atoms with Crippen LogP contribution in [0.3, 0.4) is 0 Å². The Morgan fingerprint density at radius 1 is 1.19 bits per heavy atom. The molecule has 27 heavy (non-hydrogen) atoms. The predicted molar refractivity (Wildman–Crippen MR) is 103 cm³/mol. The highest BCUT2D eigenvalue weighted by atomic mass is 19.1. The molecule has 0 bridgehead atoms. The minimum atomic E-state index is -0.382. The lowest BCUT2D eigenvalue weighted by Gasteiger charge is -2.27. The molecule has 0 aromatic heterocycles. The lowest BCUT2D eigenvalue weighted by Crippen LogP contribution is -2.42. The first-order valence-electron chi connectivity index (χ1n) is 9.18. The van der Waals surface area contributed by atoms with Crippen molar-refractivity contribution in [2.24, 2.45) is 5.92 Å². The normalized spacial score (nSPS) is 19.3. The molecule has 0 unspecified atom stereocenters. The Kier molecular flexibility index (Phi) is 6.19. The van der Waals surface area contributed by atoms with Crippen molar-refractivity contribution in [3.63, 3.8) is 0 Å². The van der Waals surface area contributed by atoms with Crippen LogP contribution in [0.15, 0.2) is 48.5 Å². The first kappa shape index (κ1) is 19.0. The zero-order valence-corrected chi connectivity index (χ0v) is 15.3. The van der Waals surface area contributed by atoms with Gasteiger partial charge in [0, 0.05) is 29.8 Å². The van der Waals surface area contributed by atoms with Crippen LogP contribution in [0.4, 0.5) is 10.1 Å². The molecule has 2 aromatic carbocycles. The van der Waals surface area contributed by atoms with E-state index in [1.54, 1.807) is 6.07 Å². The Bertz CT molecular complexity index is 807. The van der Waals surface area contributed by atoms with E-state index >= 15 is 0 Å². The molecular formula is C21H24FN3O2. The van der Waals surface area contributed by atoms with Gasteiger partial charge >= 0.3 is 0 Å². The van der Waals surface area contributed by atoms with E-state index in [2.05, 4.69) is 22.9 Å². The van der Waals surface area contributed by atoms with Crippen LogP contribution in [-0.2, 0) is 11.3 Å². The maximum absolute atomic E-state index is 13.0. The van der Waals surface area contributed by atoms with Crippen LogP contribution in [-0.4, -0.2) is 24.4 Å². The van der Waals surface area contributed by atoms with Crippen molar-refractivity contribution in [2.75, 3.05) is 11.9 Å². The van der Waals surface area contributed by atoms with Gasteiger partial charge in [0.1, 0.15) is 5.82 Å². The van der Waals surface area contributed by atoms with Gasteiger partial charge in [-0.15, -0.1) is 0 Å². The monoisotopic (exact) mass is 369 g/mol. The van der Waals surface area contributed by atoms with Crippen molar-refractivity contribution in [1.82, 2.24) is 10.6 Å². The van der Waals surface area contributed by atoms with E-state index in [0.29, 0.717) is 23.8 Å². The summed E-state index contributed by atoms with van der Waals surface area (Å²) < 4.78 is 13.0. The van der Waals surface area contributed by atoms with Crippen LogP contribution >= 0.6 is 0 Å². The predicted octanol–water partition coefficient (Wildman–Crippen LogP) is 3.08. The minimum absolute atomic E-state index is 0.0441. The van der Waals surface area contributed by atoms with Gasteiger partial charge in [0.15, 0.2) is 0 Å². The Balaban J connectivity index is 1.56. The van der Waals surface area contributed by atoms with Gasteiger partial charge in [-0.2, -0.15) is 0 Å². The molecule has 1 aliphatic heterocycles. The number of anilines is 1. The third kappa shape index (κ3) is 5.37. The standard InChI is InChI=1S/C21H24FN3O2/c1-14-11-17(9-10-23-14)20(26)24-13-15-3-2-4-19(12-15)25-21(27)16-5-7-18(22)8-6-16/h2-8,12,14,17,23H,9-11,13H2,1H3,(H,24,26)(H,25,27)/t14-,17-/m0/s1. The molecule has 0 aliphatic carbocycles. The number of nitrogens with one attached hydrogen (secondary N) is 3. The molecule has 2 aromatic rings. The van der Waals surface area contributed by atoms with Gasteiger partial charge < -0.3 is 16.0 Å². The summed E-state index contributed by atoms with van der Waals surface area (Å²) in [5, 5.41) is 9.12. The number of carbonyl (C=O) groups excluding carboxylic acids is 2. The molecule has 3 rings (SSSR count). The maximum atomic E-state index is 13.0. The van der Waals surface area contributed by atoms with Crippen molar-refractivity contribution in [2.45, 2.75) is 32.4 Å². The molecule has 142 valence electrons. The van der Waals surface area contributed by atoms with E-state index in [1.165, 1.54) is 24.3 Å². The average molecular weight is 369 g/mol. The summed E-state index contributed by atoms with van der Waals surface area (Å²) in [6, 6.07) is 13.1. The summed E-state index contributed by atoms with van der Waals surface area (Å²) in [6.07, 6.45) is 1.70. The van der Waals surface area contributed by atoms with Gasteiger partial charge in [-0.05, 0) is 68.3 Å². The molecule has 0 radical (unpaired) electrons. The topological polar surface area (TPSA) is 70.2 Å². The number of benzene rings is 2. The van der Waals surface area contributed by atoms with Crippen LogP contribution in [0.25, 0.3) is 0 Å². The lowest BCUT2D eigenvalue weighted by atomic mass is 9.92. The zero-order valence-electron chi connectivity index (χ0n) is 15.3. The van der Waals surface area contributed by atoms with Crippen molar-refractivity contribution in [1.29, 1.82) is 0 Å². The molecule has 5 nitrogen and oxygen atoms in total. The summed E-state index contributed by atoms with van der Waals surface area (Å²) in [6.45, 7) is 3.37. The van der Waals surface area contributed by atoms with Gasteiger partial charge in [-0.25, -0.2) is 4.39 Å². The third-order valence-corrected chi connectivity index (χ3v) is 4.75.